The molecule has 2 unspecified atom stereocenters. The summed E-state index contributed by atoms with van der Waals surface area (Å²) in [6.07, 6.45) is 0.538. The van der Waals surface area contributed by atoms with Crippen LogP contribution in [0.3, 0.4) is 0 Å². The zero-order chi connectivity index (χ0) is 7.72. The molecule has 1 aliphatic heterocycles. The van der Waals surface area contributed by atoms with Gasteiger partial charge in [0.2, 0.25) is 0 Å². The highest BCUT2D eigenvalue weighted by Gasteiger charge is 2.31. The van der Waals surface area contributed by atoms with Gasteiger partial charge >= 0.3 is 5.97 Å². The molecule has 1 saturated heterocycles. The molecule has 4 nitrogen and oxygen atoms in total. The van der Waals surface area contributed by atoms with Crippen molar-refractivity contribution >= 4 is 5.97 Å². The van der Waals surface area contributed by atoms with Crippen molar-refractivity contribution in [1.82, 2.24) is 5.32 Å². The van der Waals surface area contributed by atoms with Gasteiger partial charge in [0.05, 0.1) is 0 Å². The second-order valence-corrected chi connectivity index (χ2v) is 2.75. The fourth-order valence-electron chi connectivity index (χ4n) is 1.16. The number of carbonyl (C=O) groups is 1. The Kier molecular flexibility index (Phi) is 1.92. The summed E-state index contributed by atoms with van der Waals surface area (Å²) in [5, 5.41) is 11.4. The predicted molar refractivity (Wildman–Crippen MR) is 36.6 cm³/mol. The second kappa shape index (κ2) is 2.56. The van der Waals surface area contributed by atoms with Crippen molar-refractivity contribution in [2.24, 2.45) is 5.73 Å². The zero-order valence-corrected chi connectivity index (χ0v) is 5.87. The molecule has 1 heterocycles. The minimum absolute atomic E-state index is 0.0129. The highest BCUT2D eigenvalue weighted by Crippen LogP contribution is 2.10. The van der Waals surface area contributed by atoms with Gasteiger partial charge in [0.25, 0.3) is 0 Å². The summed E-state index contributed by atoms with van der Waals surface area (Å²) in [7, 11) is 0. The Morgan fingerprint density at radius 2 is 2.40 bits per heavy atom. The number of carboxylic acids is 1. The normalized spacial score (nSPS) is 40.0. The van der Waals surface area contributed by atoms with Crippen LogP contribution in [-0.2, 0) is 4.79 Å². The SMILES string of the molecule is CC1N[C@H](C(=O)O)CC1N. The van der Waals surface area contributed by atoms with Gasteiger partial charge in [0.15, 0.2) is 0 Å². The molecule has 0 amide bonds. The first-order chi connectivity index (χ1) is 4.61. The molecule has 0 aromatic rings. The first kappa shape index (κ1) is 7.50. The molecule has 0 saturated carbocycles. The smallest absolute Gasteiger partial charge is 0.320 e. The van der Waals surface area contributed by atoms with Crippen LogP contribution in [0.25, 0.3) is 0 Å². The van der Waals surface area contributed by atoms with Crippen LogP contribution >= 0.6 is 0 Å². The zero-order valence-electron chi connectivity index (χ0n) is 5.87. The van der Waals surface area contributed by atoms with Crippen molar-refractivity contribution in [3.8, 4) is 0 Å². The third-order valence-corrected chi connectivity index (χ3v) is 1.91. The Balaban J connectivity index is 2.49. The highest BCUT2D eigenvalue weighted by molar-refractivity contribution is 5.74. The van der Waals surface area contributed by atoms with Gasteiger partial charge in [0, 0.05) is 12.1 Å². The number of rotatable bonds is 1. The van der Waals surface area contributed by atoms with E-state index in [1.165, 1.54) is 0 Å². The van der Waals surface area contributed by atoms with E-state index in [1.54, 1.807) is 0 Å². The van der Waals surface area contributed by atoms with Crippen molar-refractivity contribution in [3.05, 3.63) is 0 Å². The van der Waals surface area contributed by atoms with E-state index in [0.29, 0.717) is 6.42 Å². The van der Waals surface area contributed by atoms with Gasteiger partial charge in [-0.15, -0.1) is 0 Å². The largest absolute Gasteiger partial charge is 0.480 e. The molecule has 1 rings (SSSR count). The number of hydrogen-bond acceptors (Lipinski definition) is 3. The van der Waals surface area contributed by atoms with E-state index in [2.05, 4.69) is 5.32 Å². The summed E-state index contributed by atoms with van der Waals surface area (Å²) < 4.78 is 0. The molecular weight excluding hydrogens is 132 g/mol. The lowest BCUT2D eigenvalue weighted by atomic mass is 10.1. The fraction of sp³-hybridized carbons (Fsp3) is 0.833. The highest BCUT2D eigenvalue weighted by atomic mass is 16.4. The van der Waals surface area contributed by atoms with Crippen molar-refractivity contribution in [1.29, 1.82) is 0 Å². The molecule has 0 spiro atoms. The lowest BCUT2D eigenvalue weighted by Crippen LogP contribution is -2.36. The van der Waals surface area contributed by atoms with E-state index in [0.717, 1.165) is 0 Å². The topological polar surface area (TPSA) is 75.3 Å². The number of aliphatic carboxylic acids is 1. The van der Waals surface area contributed by atoms with Crippen LogP contribution in [-0.4, -0.2) is 29.2 Å². The molecule has 0 radical (unpaired) electrons. The molecule has 4 N–H and O–H groups in total. The number of nitrogens with two attached hydrogens (primary N) is 1. The van der Waals surface area contributed by atoms with Crippen LogP contribution in [0.4, 0.5) is 0 Å². The fourth-order valence-corrected chi connectivity index (χ4v) is 1.16. The first-order valence-electron chi connectivity index (χ1n) is 3.35. The molecular formula is C6H12N2O2. The van der Waals surface area contributed by atoms with Gasteiger partial charge in [-0.25, -0.2) is 0 Å². The van der Waals surface area contributed by atoms with Crippen LogP contribution in [0.1, 0.15) is 13.3 Å². The lowest BCUT2D eigenvalue weighted by Gasteiger charge is -2.06. The summed E-state index contributed by atoms with van der Waals surface area (Å²) in [4.78, 5) is 10.4. The van der Waals surface area contributed by atoms with Crippen LogP contribution < -0.4 is 11.1 Å². The summed E-state index contributed by atoms with van der Waals surface area (Å²) >= 11 is 0. The Hall–Kier alpha value is -0.610. The van der Waals surface area contributed by atoms with E-state index in [-0.39, 0.29) is 12.1 Å². The number of carboxylic acid groups (broad SMARTS) is 1. The molecule has 0 aromatic carbocycles. The maximum Gasteiger partial charge on any atom is 0.320 e. The van der Waals surface area contributed by atoms with Crippen LogP contribution in [0.2, 0.25) is 0 Å². The first-order valence-corrected chi connectivity index (χ1v) is 3.35. The predicted octanol–water partition coefficient (Wildman–Crippen LogP) is -0.851. The van der Waals surface area contributed by atoms with E-state index < -0.39 is 12.0 Å². The van der Waals surface area contributed by atoms with Gasteiger partial charge in [-0.3, -0.25) is 4.79 Å². The van der Waals surface area contributed by atoms with Crippen molar-refractivity contribution in [2.75, 3.05) is 0 Å². The summed E-state index contributed by atoms with van der Waals surface area (Å²) in [6.45, 7) is 1.90. The van der Waals surface area contributed by atoms with E-state index >= 15 is 0 Å². The maximum atomic E-state index is 10.4. The Labute approximate surface area is 59.4 Å². The maximum absolute atomic E-state index is 10.4. The van der Waals surface area contributed by atoms with E-state index in [4.69, 9.17) is 10.8 Å². The van der Waals surface area contributed by atoms with Gasteiger partial charge in [-0.1, -0.05) is 0 Å². The monoisotopic (exact) mass is 144 g/mol. The third kappa shape index (κ3) is 1.27. The Bertz CT molecular complexity index is 139. The molecule has 4 heteroatoms. The summed E-state index contributed by atoms with van der Waals surface area (Å²) in [5.74, 6) is -0.806. The Morgan fingerprint density at radius 3 is 2.60 bits per heavy atom. The molecule has 10 heavy (non-hydrogen) atoms. The van der Waals surface area contributed by atoms with Gasteiger partial charge < -0.3 is 16.2 Å². The molecule has 0 aliphatic carbocycles. The average molecular weight is 144 g/mol. The van der Waals surface area contributed by atoms with E-state index in [1.807, 2.05) is 6.92 Å². The molecule has 1 fully saturated rings. The Morgan fingerprint density at radius 1 is 1.80 bits per heavy atom. The molecule has 58 valence electrons. The van der Waals surface area contributed by atoms with Gasteiger partial charge in [0.1, 0.15) is 6.04 Å². The minimum atomic E-state index is -0.806. The number of hydrogen-bond donors (Lipinski definition) is 3. The van der Waals surface area contributed by atoms with Crippen molar-refractivity contribution < 1.29 is 9.90 Å². The van der Waals surface area contributed by atoms with Crippen LogP contribution in [0.5, 0.6) is 0 Å². The third-order valence-electron chi connectivity index (χ3n) is 1.91. The summed E-state index contributed by atoms with van der Waals surface area (Å²) in [6, 6.07) is -0.327. The van der Waals surface area contributed by atoms with Crippen LogP contribution in [0.15, 0.2) is 0 Å². The lowest BCUT2D eigenvalue weighted by molar-refractivity contribution is -0.139. The minimum Gasteiger partial charge on any atom is -0.480 e. The molecule has 0 aromatic heterocycles. The quantitative estimate of drug-likeness (QED) is 0.448. The van der Waals surface area contributed by atoms with Crippen molar-refractivity contribution in [2.45, 2.75) is 31.5 Å². The average Bonchev–Trinajstić information content (AvgIpc) is 2.13. The molecule has 0 bridgehead atoms. The molecule has 3 atom stereocenters. The summed E-state index contributed by atoms with van der Waals surface area (Å²) in [5.41, 5.74) is 5.58. The van der Waals surface area contributed by atoms with Crippen LogP contribution in [0, 0.1) is 0 Å². The standard InChI is InChI=1S/C6H12N2O2/c1-3-4(7)2-5(8-3)6(9)10/h3-5,8H,2,7H2,1H3,(H,9,10)/t3?,4?,5-/m0/s1. The van der Waals surface area contributed by atoms with Gasteiger partial charge in [-0.2, -0.15) is 0 Å². The van der Waals surface area contributed by atoms with E-state index in [9.17, 15) is 4.79 Å². The second-order valence-electron chi connectivity index (χ2n) is 2.75. The van der Waals surface area contributed by atoms with Crippen molar-refractivity contribution in [3.63, 3.8) is 0 Å². The number of nitrogens with one attached hydrogen (secondary N) is 1. The van der Waals surface area contributed by atoms with Gasteiger partial charge in [-0.05, 0) is 13.3 Å². The molecule has 1 aliphatic rings.